The van der Waals surface area contributed by atoms with E-state index in [1.807, 2.05) is 4.90 Å². The summed E-state index contributed by atoms with van der Waals surface area (Å²) in [6.07, 6.45) is 0.738. The lowest BCUT2D eigenvalue weighted by Gasteiger charge is -2.39. The lowest BCUT2D eigenvalue weighted by Crippen LogP contribution is -2.51. The van der Waals surface area contributed by atoms with Crippen molar-refractivity contribution in [2.75, 3.05) is 18.5 Å². The number of likely N-dealkylation sites (tertiary alicyclic amines) is 1. The van der Waals surface area contributed by atoms with Crippen LogP contribution in [0, 0.1) is 11.7 Å². The van der Waals surface area contributed by atoms with Gasteiger partial charge in [-0.2, -0.15) is 23.4 Å². The predicted octanol–water partition coefficient (Wildman–Crippen LogP) is 3.56. The molecule has 5 rings (SSSR count). The van der Waals surface area contributed by atoms with E-state index >= 15 is 0 Å². The molecule has 3 atom stereocenters. The number of fused-ring (bicyclic) bond motifs is 2. The van der Waals surface area contributed by atoms with E-state index in [0.717, 1.165) is 29.9 Å². The first-order valence-electron chi connectivity index (χ1n) is 10.5. The van der Waals surface area contributed by atoms with Crippen molar-refractivity contribution < 1.29 is 22.4 Å². The average molecular weight is 460 g/mol. The number of carbonyl (C=O) groups is 1. The largest absolute Gasteiger partial charge is 0.417 e. The Balaban J connectivity index is 1.40. The molecule has 1 saturated carbocycles. The van der Waals surface area contributed by atoms with Gasteiger partial charge in [0, 0.05) is 19.8 Å². The Bertz CT molecular complexity index is 1160. The molecule has 11 heteroatoms. The molecule has 1 aromatic carbocycles. The minimum atomic E-state index is -4.45. The number of piperidine rings is 1. The first kappa shape index (κ1) is 21.4. The molecule has 2 fully saturated rings. The molecule has 172 valence electrons. The van der Waals surface area contributed by atoms with E-state index in [2.05, 4.69) is 15.2 Å². The summed E-state index contributed by atoms with van der Waals surface area (Å²) in [5.41, 5.74) is -0.660. The third kappa shape index (κ3) is 3.70. The summed E-state index contributed by atoms with van der Waals surface area (Å²) in [6.45, 7) is 0.538. The summed E-state index contributed by atoms with van der Waals surface area (Å²) < 4.78 is 53.2. The number of likely N-dealkylation sites (N-methyl/N-ethyl adjacent to an activating group) is 1. The van der Waals surface area contributed by atoms with E-state index in [0.29, 0.717) is 12.4 Å². The van der Waals surface area contributed by atoms with Gasteiger partial charge in [-0.1, -0.05) is 6.07 Å². The lowest BCUT2D eigenvalue weighted by atomic mass is 10.0. The van der Waals surface area contributed by atoms with E-state index in [4.69, 9.17) is 0 Å². The van der Waals surface area contributed by atoms with Gasteiger partial charge in [0.2, 0.25) is 0 Å². The second-order valence-electron chi connectivity index (χ2n) is 8.40. The number of aromatic nitrogens is 4. The summed E-state index contributed by atoms with van der Waals surface area (Å²) in [7, 11) is 1.77. The quantitative estimate of drug-likeness (QED) is 0.557. The van der Waals surface area contributed by atoms with Crippen molar-refractivity contribution in [2.24, 2.45) is 5.92 Å². The fraction of sp³-hybridized carbons (Fsp3) is 0.364. The van der Waals surface area contributed by atoms with Gasteiger partial charge in [0.15, 0.2) is 5.82 Å². The van der Waals surface area contributed by atoms with Crippen molar-refractivity contribution in [3.05, 3.63) is 65.9 Å². The average Bonchev–Trinajstić information content (AvgIpc) is 3.55. The number of alkyl halides is 3. The fourth-order valence-electron chi connectivity index (χ4n) is 4.95. The van der Waals surface area contributed by atoms with Crippen molar-refractivity contribution in [3.63, 3.8) is 0 Å². The second-order valence-corrected chi connectivity index (χ2v) is 8.40. The molecule has 2 bridgehead atoms. The van der Waals surface area contributed by atoms with Gasteiger partial charge in [0.05, 0.1) is 35.6 Å². The molecule has 2 unspecified atom stereocenters. The molecule has 3 aromatic rings. The van der Waals surface area contributed by atoms with Crippen LogP contribution in [0.15, 0.2) is 48.9 Å². The van der Waals surface area contributed by atoms with Gasteiger partial charge in [-0.05, 0) is 43.0 Å². The molecule has 33 heavy (non-hydrogen) atoms. The smallest absolute Gasteiger partial charge is 0.355 e. The standard InChI is InChI=1S/C22H20F4N6O/c1-30(19-6-5-14(11-27-19)22(24,25)26)17-9-13-10-18(17)31(12-13)21(33)15-3-2-4-16(23)20(15)32-28-7-8-29-32/h2-8,11,13,17-18H,9-10,12H2,1H3/t13-,17?,18?/m0/s1. The van der Waals surface area contributed by atoms with E-state index in [1.165, 1.54) is 30.6 Å². The molecule has 7 nitrogen and oxygen atoms in total. The fourth-order valence-corrected chi connectivity index (χ4v) is 4.95. The lowest BCUT2D eigenvalue weighted by molar-refractivity contribution is -0.137. The van der Waals surface area contributed by atoms with E-state index < -0.39 is 17.6 Å². The second kappa shape index (κ2) is 7.82. The maximum atomic E-state index is 14.6. The maximum absolute atomic E-state index is 14.6. The van der Waals surface area contributed by atoms with Crippen molar-refractivity contribution in [1.82, 2.24) is 24.9 Å². The number of rotatable bonds is 4. The topological polar surface area (TPSA) is 67.2 Å². The summed E-state index contributed by atoms with van der Waals surface area (Å²) in [6, 6.07) is 6.33. The molecule has 0 N–H and O–H groups in total. The number of para-hydroxylation sites is 1. The van der Waals surface area contributed by atoms with Gasteiger partial charge >= 0.3 is 6.18 Å². The summed E-state index contributed by atoms with van der Waals surface area (Å²) >= 11 is 0. The Morgan fingerprint density at radius 3 is 2.52 bits per heavy atom. The molecule has 1 aliphatic carbocycles. The maximum Gasteiger partial charge on any atom is 0.417 e. The Morgan fingerprint density at radius 2 is 1.88 bits per heavy atom. The highest BCUT2D eigenvalue weighted by Gasteiger charge is 2.49. The van der Waals surface area contributed by atoms with Gasteiger partial charge in [0.25, 0.3) is 5.91 Å². The van der Waals surface area contributed by atoms with Crippen LogP contribution < -0.4 is 4.90 Å². The van der Waals surface area contributed by atoms with Crippen LogP contribution in [0.3, 0.4) is 0 Å². The molecule has 0 radical (unpaired) electrons. The van der Waals surface area contributed by atoms with Crippen LogP contribution >= 0.6 is 0 Å². The minimum Gasteiger partial charge on any atom is -0.355 e. The number of hydrogen-bond donors (Lipinski definition) is 0. The summed E-state index contributed by atoms with van der Waals surface area (Å²) in [5, 5.41) is 7.94. The monoisotopic (exact) mass is 460 g/mol. The highest BCUT2D eigenvalue weighted by Crippen LogP contribution is 2.42. The van der Waals surface area contributed by atoms with Gasteiger partial charge in [0.1, 0.15) is 11.5 Å². The molecule has 1 aliphatic heterocycles. The van der Waals surface area contributed by atoms with E-state index in [9.17, 15) is 22.4 Å². The molecule has 2 aliphatic rings. The third-order valence-electron chi connectivity index (χ3n) is 6.48. The molecule has 1 saturated heterocycles. The SMILES string of the molecule is CN(c1ccc(C(F)(F)F)cn1)C1C[C@H]2CC1N(C(=O)c1cccc(F)c1-n1nccn1)C2. The zero-order valence-corrected chi connectivity index (χ0v) is 17.6. The number of nitrogens with zero attached hydrogens (tertiary/aromatic N) is 6. The summed E-state index contributed by atoms with van der Waals surface area (Å²) in [4.78, 5) is 22.1. The molecule has 1 amide bonds. The highest BCUT2D eigenvalue weighted by atomic mass is 19.4. The third-order valence-corrected chi connectivity index (χ3v) is 6.48. The van der Waals surface area contributed by atoms with E-state index in [1.54, 1.807) is 18.0 Å². The number of pyridine rings is 1. The molecule has 2 aromatic heterocycles. The highest BCUT2D eigenvalue weighted by molar-refractivity contribution is 5.98. The van der Waals surface area contributed by atoms with Gasteiger partial charge < -0.3 is 9.80 Å². The summed E-state index contributed by atoms with van der Waals surface area (Å²) in [5.74, 6) is -0.280. The number of carbonyl (C=O) groups excluding carboxylic acids is 1. The number of hydrogen-bond acceptors (Lipinski definition) is 5. The van der Waals surface area contributed by atoms with Gasteiger partial charge in [-0.3, -0.25) is 4.79 Å². The Hall–Kier alpha value is -3.50. The zero-order chi connectivity index (χ0) is 23.3. The first-order valence-corrected chi connectivity index (χ1v) is 10.5. The van der Waals surface area contributed by atoms with Crippen LogP contribution in [0.4, 0.5) is 23.4 Å². The zero-order valence-electron chi connectivity index (χ0n) is 17.6. The van der Waals surface area contributed by atoms with Crippen LogP contribution in [0.2, 0.25) is 0 Å². The number of benzene rings is 1. The van der Waals surface area contributed by atoms with Crippen LogP contribution in [0.5, 0.6) is 0 Å². The van der Waals surface area contributed by atoms with Crippen molar-refractivity contribution in [3.8, 4) is 5.69 Å². The molecular formula is C22H20F4N6O. The van der Waals surface area contributed by atoms with Gasteiger partial charge in [-0.15, -0.1) is 4.80 Å². The van der Waals surface area contributed by atoms with Crippen LogP contribution in [-0.4, -0.2) is 56.5 Å². The van der Waals surface area contributed by atoms with Crippen LogP contribution in [0.25, 0.3) is 5.69 Å². The van der Waals surface area contributed by atoms with Crippen molar-refractivity contribution in [2.45, 2.75) is 31.1 Å². The predicted molar refractivity (Wildman–Crippen MR) is 110 cm³/mol. The Labute approximate surface area is 186 Å². The molecular weight excluding hydrogens is 440 g/mol. The number of anilines is 1. The van der Waals surface area contributed by atoms with Gasteiger partial charge in [-0.25, -0.2) is 9.37 Å². The number of amides is 1. The Morgan fingerprint density at radius 1 is 1.12 bits per heavy atom. The minimum absolute atomic E-state index is 0.00964. The molecule has 0 spiro atoms. The van der Waals surface area contributed by atoms with Crippen LogP contribution in [-0.2, 0) is 6.18 Å². The van der Waals surface area contributed by atoms with Crippen molar-refractivity contribution >= 4 is 11.7 Å². The molecule has 3 heterocycles. The first-order chi connectivity index (χ1) is 15.7. The van der Waals surface area contributed by atoms with Crippen molar-refractivity contribution in [1.29, 1.82) is 0 Å². The van der Waals surface area contributed by atoms with Crippen LogP contribution in [0.1, 0.15) is 28.8 Å². The number of halogens is 4. The van der Waals surface area contributed by atoms with E-state index in [-0.39, 0.29) is 35.2 Å². The normalized spacial score (nSPS) is 22.1. The Kier molecular flexibility index (Phi) is 5.06.